The number of guanidine groups is 1. The lowest BCUT2D eigenvalue weighted by molar-refractivity contribution is -0.117. The first kappa shape index (κ1) is 25.9. The van der Waals surface area contributed by atoms with Gasteiger partial charge in [-0.2, -0.15) is 0 Å². The quantitative estimate of drug-likeness (QED) is 0.333. The minimum absolute atomic E-state index is 0.0257. The SMILES string of the molecule is Cc1ccc(CN=C(Nc2ccc(C(=O)O)cc2)N2CCN(CC(=O)Nc3ccc(C)cc3)CC2)cc1. The highest BCUT2D eigenvalue weighted by Crippen LogP contribution is 2.14. The van der Waals surface area contributed by atoms with Crippen molar-refractivity contribution in [2.75, 3.05) is 43.4 Å². The second kappa shape index (κ2) is 12.2. The molecule has 0 aromatic heterocycles. The number of aromatic carboxylic acids is 1. The van der Waals surface area contributed by atoms with Gasteiger partial charge in [0.2, 0.25) is 5.91 Å². The lowest BCUT2D eigenvalue weighted by Gasteiger charge is -2.36. The third kappa shape index (κ3) is 7.65. The Balaban J connectivity index is 1.39. The Bertz CT molecular complexity index is 1230. The topological polar surface area (TPSA) is 97.3 Å². The Morgan fingerprint density at radius 2 is 1.32 bits per heavy atom. The Hall–Kier alpha value is -4.17. The van der Waals surface area contributed by atoms with Crippen molar-refractivity contribution in [3.05, 3.63) is 95.1 Å². The van der Waals surface area contributed by atoms with E-state index in [4.69, 9.17) is 4.99 Å². The maximum atomic E-state index is 12.5. The Morgan fingerprint density at radius 3 is 1.92 bits per heavy atom. The standard InChI is InChI=1S/C29H33N5O3/c1-21-3-7-23(8-4-21)19-30-29(32-26-13-9-24(10-14-26)28(36)37)34-17-15-33(16-18-34)20-27(35)31-25-11-5-22(2)6-12-25/h3-14H,15-20H2,1-2H3,(H,30,32)(H,31,35)(H,36,37). The number of carboxylic acid groups (broad SMARTS) is 1. The number of nitrogens with zero attached hydrogens (tertiary/aromatic N) is 3. The number of nitrogens with one attached hydrogen (secondary N) is 2. The Kier molecular flexibility index (Phi) is 8.53. The summed E-state index contributed by atoms with van der Waals surface area (Å²) >= 11 is 0. The predicted octanol–water partition coefficient (Wildman–Crippen LogP) is 4.23. The van der Waals surface area contributed by atoms with Crippen LogP contribution in [-0.2, 0) is 11.3 Å². The normalized spacial score (nSPS) is 14.3. The number of carboxylic acids is 1. The number of carbonyl (C=O) groups is 2. The van der Waals surface area contributed by atoms with Crippen molar-refractivity contribution < 1.29 is 14.7 Å². The molecule has 8 nitrogen and oxygen atoms in total. The Labute approximate surface area is 217 Å². The molecular weight excluding hydrogens is 466 g/mol. The van der Waals surface area contributed by atoms with Gasteiger partial charge in [0, 0.05) is 37.6 Å². The number of piperazine rings is 1. The van der Waals surface area contributed by atoms with Crippen LogP contribution < -0.4 is 10.6 Å². The molecule has 0 bridgehead atoms. The summed E-state index contributed by atoms with van der Waals surface area (Å²) in [5.74, 6) is -0.253. The number of aliphatic imine (C=N–C) groups is 1. The second-order valence-corrected chi connectivity index (χ2v) is 9.31. The van der Waals surface area contributed by atoms with Crippen LogP contribution in [-0.4, -0.2) is 65.5 Å². The second-order valence-electron chi connectivity index (χ2n) is 9.31. The van der Waals surface area contributed by atoms with Crippen LogP contribution in [0.2, 0.25) is 0 Å². The van der Waals surface area contributed by atoms with E-state index in [-0.39, 0.29) is 11.5 Å². The van der Waals surface area contributed by atoms with Crippen LogP contribution in [0, 0.1) is 13.8 Å². The molecule has 1 amide bonds. The summed E-state index contributed by atoms with van der Waals surface area (Å²) in [4.78, 5) is 32.9. The third-order valence-electron chi connectivity index (χ3n) is 6.29. The van der Waals surface area contributed by atoms with Gasteiger partial charge in [0.15, 0.2) is 5.96 Å². The number of carbonyl (C=O) groups excluding carboxylic acids is 1. The van der Waals surface area contributed by atoms with E-state index in [1.54, 1.807) is 24.3 Å². The lowest BCUT2D eigenvalue weighted by Crippen LogP contribution is -2.52. The van der Waals surface area contributed by atoms with Crippen LogP contribution in [0.15, 0.2) is 77.8 Å². The van der Waals surface area contributed by atoms with Crippen LogP contribution in [0.5, 0.6) is 0 Å². The number of benzene rings is 3. The molecule has 0 aliphatic carbocycles. The van der Waals surface area contributed by atoms with E-state index in [2.05, 4.69) is 51.6 Å². The fourth-order valence-electron chi connectivity index (χ4n) is 4.06. The first-order valence-corrected chi connectivity index (χ1v) is 12.4. The highest BCUT2D eigenvalue weighted by atomic mass is 16.4. The smallest absolute Gasteiger partial charge is 0.335 e. The number of hydrogen-bond donors (Lipinski definition) is 3. The van der Waals surface area contributed by atoms with Crippen LogP contribution in [0.4, 0.5) is 11.4 Å². The highest BCUT2D eigenvalue weighted by molar-refractivity contribution is 5.95. The van der Waals surface area contributed by atoms with Crippen molar-refractivity contribution >= 4 is 29.2 Å². The molecule has 0 saturated carbocycles. The van der Waals surface area contributed by atoms with Gasteiger partial charge in [-0.1, -0.05) is 47.5 Å². The van der Waals surface area contributed by atoms with E-state index >= 15 is 0 Å². The number of amides is 1. The number of hydrogen-bond acceptors (Lipinski definition) is 4. The zero-order valence-electron chi connectivity index (χ0n) is 21.3. The van der Waals surface area contributed by atoms with Crippen molar-refractivity contribution in [3.63, 3.8) is 0 Å². The van der Waals surface area contributed by atoms with E-state index in [9.17, 15) is 14.7 Å². The number of aryl methyl sites for hydroxylation is 2. The molecule has 1 saturated heterocycles. The molecule has 4 rings (SSSR count). The van der Waals surface area contributed by atoms with Crippen molar-refractivity contribution in [3.8, 4) is 0 Å². The van der Waals surface area contributed by atoms with Gasteiger partial charge in [-0.3, -0.25) is 9.69 Å². The largest absolute Gasteiger partial charge is 0.478 e. The van der Waals surface area contributed by atoms with Gasteiger partial charge in [-0.05, 0) is 55.8 Å². The average Bonchev–Trinajstić information content (AvgIpc) is 2.89. The van der Waals surface area contributed by atoms with E-state index in [0.717, 1.165) is 41.6 Å². The molecule has 3 aromatic carbocycles. The van der Waals surface area contributed by atoms with Crippen LogP contribution in [0.3, 0.4) is 0 Å². The fraction of sp³-hybridized carbons (Fsp3) is 0.276. The van der Waals surface area contributed by atoms with E-state index in [1.807, 2.05) is 31.2 Å². The summed E-state index contributed by atoms with van der Waals surface area (Å²) in [6, 6.07) is 22.7. The fourth-order valence-corrected chi connectivity index (χ4v) is 4.06. The summed E-state index contributed by atoms with van der Waals surface area (Å²) in [5, 5.41) is 15.5. The summed E-state index contributed by atoms with van der Waals surface area (Å²) in [5.41, 5.74) is 5.27. The molecule has 1 aliphatic rings. The molecule has 0 atom stereocenters. The molecule has 37 heavy (non-hydrogen) atoms. The molecule has 0 unspecified atom stereocenters. The molecule has 8 heteroatoms. The lowest BCUT2D eigenvalue weighted by atomic mass is 10.1. The monoisotopic (exact) mass is 499 g/mol. The average molecular weight is 500 g/mol. The van der Waals surface area contributed by atoms with Crippen molar-refractivity contribution in [1.82, 2.24) is 9.80 Å². The van der Waals surface area contributed by atoms with Gasteiger partial charge in [-0.15, -0.1) is 0 Å². The van der Waals surface area contributed by atoms with Crippen molar-refractivity contribution in [2.24, 2.45) is 4.99 Å². The molecular formula is C29H33N5O3. The van der Waals surface area contributed by atoms with E-state index in [0.29, 0.717) is 26.2 Å². The van der Waals surface area contributed by atoms with Gasteiger partial charge < -0.3 is 20.6 Å². The zero-order chi connectivity index (χ0) is 26.2. The van der Waals surface area contributed by atoms with Crippen LogP contribution in [0.25, 0.3) is 0 Å². The van der Waals surface area contributed by atoms with Gasteiger partial charge >= 0.3 is 5.97 Å². The van der Waals surface area contributed by atoms with Crippen LogP contribution in [0.1, 0.15) is 27.0 Å². The first-order chi connectivity index (χ1) is 17.9. The molecule has 192 valence electrons. The molecule has 0 radical (unpaired) electrons. The molecule has 1 heterocycles. The Morgan fingerprint density at radius 1 is 0.784 bits per heavy atom. The zero-order valence-corrected chi connectivity index (χ0v) is 21.3. The van der Waals surface area contributed by atoms with Gasteiger partial charge in [0.05, 0.1) is 18.7 Å². The predicted molar refractivity (Wildman–Crippen MR) is 147 cm³/mol. The first-order valence-electron chi connectivity index (χ1n) is 12.4. The maximum Gasteiger partial charge on any atom is 0.335 e. The minimum atomic E-state index is -0.956. The van der Waals surface area contributed by atoms with Crippen LogP contribution >= 0.6 is 0 Å². The minimum Gasteiger partial charge on any atom is -0.478 e. The van der Waals surface area contributed by atoms with Gasteiger partial charge in [0.25, 0.3) is 0 Å². The molecule has 0 spiro atoms. The summed E-state index contributed by atoms with van der Waals surface area (Å²) in [7, 11) is 0. The van der Waals surface area contributed by atoms with Crippen molar-refractivity contribution in [2.45, 2.75) is 20.4 Å². The van der Waals surface area contributed by atoms with Gasteiger partial charge in [-0.25, -0.2) is 9.79 Å². The summed E-state index contributed by atoms with van der Waals surface area (Å²) < 4.78 is 0. The van der Waals surface area contributed by atoms with Crippen molar-refractivity contribution in [1.29, 1.82) is 0 Å². The summed E-state index contributed by atoms with van der Waals surface area (Å²) in [6.45, 7) is 7.81. The maximum absolute atomic E-state index is 12.5. The van der Waals surface area contributed by atoms with E-state index in [1.165, 1.54) is 5.56 Å². The molecule has 1 fully saturated rings. The molecule has 1 aliphatic heterocycles. The number of anilines is 2. The summed E-state index contributed by atoms with van der Waals surface area (Å²) in [6.07, 6.45) is 0. The number of rotatable bonds is 7. The third-order valence-corrected chi connectivity index (χ3v) is 6.29. The molecule has 3 aromatic rings. The highest BCUT2D eigenvalue weighted by Gasteiger charge is 2.22. The molecule has 3 N–H and O–H groups in total. The van der Waals surface area contributed by atoms with Gasteiger partial charge in [0.1, 0.15) is 0 Å². The van der Waals surface area contributed by atoms with E-state index < -0.39 is 5.97 Å².